The van der Waals surface area contributed by atoms with Crippen molar-refractivity contribution >= 4 is 17.7 Å². The van der Waals surface area contributed by atoms with Crippen molar-refractivity contribution < 1.29 is 9.90 Å². The Hall–Kier alpha value is -1.00. The van der Waals surface area contributed by atoms with Crippen LogP contribution in [0.25, 0.3) is 0 Å². The van der Waals surface area contributed by atoms with Crippen molar-refractivity contribution in [3.05, 3.63) is 29.8 Å². The fraction of sp³-hybridized carbons (Fsp3) is 0.500. The second-order valence-electron chi connectivity index (χ2n) is 4.39. The molecule has 0 aromatic heterocycles. The molecule has 1 amide bonds. The highest BCUT2D eigenvalue weighted by Crippen LogP contribution is 2.18. The molecule has 1 rings (SSSR count). The average Bonchev–Trinajstić information content (AvgIpc) is 2.32. The Morgan fingerprint density at radius 2 is 2.06 bits per heavy atom. The van der Waals surface area contributed by atoms with Crippen LogP contribution in [0.3, 0.4) is 0 Å². The van der Waals surface area contributed by atoms with E-state index in [1.807, 2.05) is 6.92 Å². The summed E-state index contributed by atoms with van der Waals surface area (Å²) in [6, 6.07) is 8.35. The first kappa shape index (κ1) is 15.1. The van der Waals surface area contributed by atoms with Crippen LogP contribution in [0.1, 0.15) is 25.3 Å². The lowest BCUT2D eigenvalue weighted by Crippen LogP contribution is -2.33. The quantitative estimate of drug-likeness (QED) is 0.746. The minimum atomic E-state index is 0.0480. The Kier molecular flexibility index (Phi) is 6.83. The number of aliphatic hydroxyl groups excluding tert-OH is 1. The predicted octanol–water partition coefficient (Wildman–Crippen LogP) is 2.36. The predicted molar refractivity (Wildman–Crippen MR) is 75.8 cm³/mol. The molecule has 0 saturated carbocycles. The molecule has 1 aromatic carbocycles. The molecular weight excluding hydrogens is 246 g/mol. The summed E-state index contributed by atoms with van der Waals surface area (Å²) in [6.45, 7) is 4.07. The molecule has 1 aromatic rings. The van der Waals surface area contributed by atoms with Crippen molar-refractivity contribution in [2.45, 2.75) is 37.6 Å². The van der Waals surface area contributed by atoms with Gasteiger partial charge in [-0.3, -0.25) is 4.79 Å². The van der Waals surface area contributed by atoms with Gasteiger partial charge in [0.15, 0.2) is 0 Å². The van der Waals surface area contributed by atoms with Crippen LogP contribution in [0.5, 0.6) is 0 Å². The summed E-state index contributed by atoms with van der Waals surface area (Å²) in [7, 11) is 0. The highest BCUT2D eigenvalue weighted by Gasteiger charge is 2.06. The van der Waals surface area contributed by atoms with Gasteiger partial charge in [-0.25, -0.2) is 0 Å². The van der Waals surface area contributed by atoms with Gasteiger partial charge >= 0.3 is 0 Å². The Bertz CT molecular complexity index is 365. The van der Waals surface area contributed by atoms with Crippen LogP contribution in [0.15, 0.2) is 29.2 Å². The van der Waals surface area contributed by atoms with Crippen molar-refractivity contribution in [1.82, 2.24) is 5.32 Å². The van der Waals surface area contributed by atoms with E-state index < -0.39 is 0 Å². The highest BCUT2D eigenvalue weighted by molar-refractivity contribution is 7.99. The molecular formula is C14H21NO2S. The first-order valence-corrected chi connectivity index (χ1v) is 7.20. The average molecular weight is 267 g/mol. The summed E-state index contributed by atoms with van der Waals surface area (Å²) < 4.78 is 0. The molecule has 0 spiro atoms. The third-order valence-electron chi connectivity index (χ3n) is 2.59. The summed E-state index contributed by atoms with van der Waals surface area (Å²) in [6.07, 6.45) is 1.12. The van der Waals surface area contributed by atoms with Crippen molar-refractivity contribution in [3.63, 3.8) is 0 Å². The maximum absolute atomic E-state index is 11.6. The standard InChI is InChI=1S/C14H21NO2S/c1-11-3-5-13(6-4-11)18-10-8-14(17)15-12(2)7-9-16/h3-6,12,16H,7-10H2,1-2H3,(H,15,17). The number of thioether (sulfide) groups is 1. The van der Waals surface area contributed by atoms with Crippen LogP contribution in [-0.4, -0.2) is 29.4 Å². The van der Waals surface area contributed by atoms with Gasteiger partial charge in [0, 0.05) is 29.7 Å². The number of benzene rings is 1. The zero-order valence-corrected chi connectivity index (χ0v) is 11.8. The molecule has 0 radical (unpaired) electrons. The Morgan fingerprint density at radius 1 is 1.39 bits per heavy atom. The molecule has 100 valence electrons. The number of rotatable bonds is 7. The van der Waals surface area contributed by atoms with Gasteiger partial charge in [0.2, 0.25) is 5.91 Å². The Balaban J connectivity index is 2.21. The van der Waals surface area contributed by atoms with Crippen LogP contribution in [-0.2, 0) is 4.79 Å². The fourth-order valence-electron chi connectivity index (χ4n) is 1.51. The number of hydrogen-bond donors (Lipinski definition) is 2. The monoisotopic (exact) mass is 267 g/mol. The molecule has 0 heterocycles. The van der Waals surface area contributed by atoms with E-state index in [0.717, 1.165) is 5.75 Å². The fourth-order valence-corrected chi connectivity index (χ4v) is 2.36. The molecule has 0 saturated heterocycles. The number of carbonyl (C=O) groups excluding carboxylic acids is 1. The molecule has 18 heavy (non-hydrogen) atoms. The van der Waals surface area contributed by atoms with Gasteiger partial charge in [-0.15, -0.1) is 11.8 Å². The van der Waals surface area contributed by atoms with E-state index in [2.05, 4.69) is 36.5 Å². The van der Waals surface area contributed by atoms with Crippen molar-refractivity contribution in [1.29, 1.82) is 0 Å². The number of hydrogen-bond acceptors (Lipinski definition) is 3. The molecule has 3 nitrogen and oxygen atoms in total. The summed E-state index contributed by atoms with van der Waals surface area (Å²) in [4.78, 5) is 12.8. The normalized spacial score (nSPS) is 12.2. The molecule has 1 atom stereocenters. The first-order valence-electron chi connectivity index (χ1n) is 6.21. The molecule has 0 aliphatic rings. The van der Waals surface area contributed by atoms with Gasteiger partial charge in [-0.2, -0.15) is 0 Å². The zero-order valence-electron chi connectivity index (χ0n) is 11.0. The van der Waals surface area contributed by atoms with E-state index in [1.54, 1.807) is 11.8 Å². The third-order valence-corrected chi connectivity index (χ3v) is 3.60. The second kappa shape index (κ2) is 8.16. The Morgan fingerprint density at radius 3 is 2.67 bits per heavy atom. The molecule has 0 bridgehead atoms. The molecule has 2 N–H and O–H groups in total. The summed E-state index contributed by atoms with van der Waals surface area (Å²) >= 11 is 1.69. The number of nitrogens with one attached hydrogen (secondary N) is 1. The van der Waals surface area contributed by atoms with Crippen LogP contribution < -0.4 is 5.32 Å². The van der Waals surface area contributed by atoms with Gasteiger partial charge in [0.1, 0.15) is 0 Å². The third kappa shape index (κ3) is 6.07. The van der Waals surface area contributed by atoms with Crippen molar-refractivity contribution in [2.24, 2.45) is 0 Å². The van der Waals surface area contributed by atoms with E-state index in [4.69, 9.17) is 5.11 Å². The number of carbonyl (C=O) groups is 1. The molecule has 0 fully saturated rings. The van der Waals surface area contributed by atoms with Crippen LogP contribution in [0.4, 0.5) is 0 Å². The summed E-state index contributed by atoms with van der Waals surface area (Å²) in [5.41, 5.74) is 1.25. The SMILES string of the molecule is Cc1ccc(SCCC(=O)NC(C)CCO)cc1. The van der Waals surface area contributed by atoms with Crippen molar-refractivity contribution in [3.8, 4) is 0 Å². The van der Waals surface area contributed by atoms with Crippen LogP contribution in [0.2, 0.25) is 0 Å². The van der Waals surface area contributed by atoms with Gasteiger partial charge in [-0.1, -0.05) is 17.7 Å². The van der Waals surface area contributed by atoms with E-state index in [0.29, 0.717) is 12.8 Å². The van der Waals surface area contributed by atoms with E-state index >= 15 is 0 Å². The minimum absolute atomic E-state index is 0.0480. The number of aliphatic hydroxyl groups is 1. The maximum Gasteiger partial charge on any atom is 0.221 e. The second-order valence-corrected chi connectivity index (χ2v) is 5.56. The topological polar surface area (TPSA) is 49.3 Å². The summed E-state index contributed by atoms with van der Waals surface area (Å²) in [5.74, 6) is 0.830. The van der Waals surface area contributed by atoms with Gasteiger partial charge < -0.3 is 10.4 Å². The van der Waals surface area contributed by atoms with E-state index in [-0.39, 0.29) is 18.6 Å². The lowest BCUT2D eigenvalue weighted by Gasteiger charge is -2.12. The van der Waals surface area contributed by atoms with E-state index in [1.165, 1.54) is 10.5 Å². The van der Waals surface area contributed by atoms with E-state index in [9.17, 15) is 4.79 Å². The minimum Gasteiger partial charge on any atom is -0.396 e. The Labute approximate surface area is 113 Å². The summed E-state index contributed by atoms with van der Waals surface area (Å²) in [5, 5.41) is 11.6. The van der Waals surface area contributed by atoms with Gasteiger partial charge in [-0.05, 0) is 32.4 Å². The molecule has 1 unspecified atom stereocenters. The first-order chi connectivity index (χ1) is 8.61. The molecule has 0 aliphatic carbocycles. The lowest BCUT2D eigenvalue weighted by atomic mass is 10.2. The molecule has 0 aliphatic heterocycles. The lowest BCUT2D eigenvalue weighted by molar-refractivity contribution is -0.121. The number of amides is 1. The molecule has 4 heteroatoms. The maximum atomic E-state index is 11.6. The smallest absolute Gasteiger partial charge is 0.221 e. The van der Waals surface area contributed by atoms with Gasteiger partial charge in [0.05, 0.1) is 0 Å². The van der Waals surface area contributed by atoms with Crippen molar-refractivity contribution in [2.75, 3.05) is 12.4 Å². The van der Waals surface area contributed by atoms with Gasteiger partial charge in [0.25, 0.3) is 0 Å². The number of aryl methyl sites for hydroxylation is 1. The van der Waals surface area contributed by atoms with Crippen LogP contribution in [0, 0.1) is 6.92 Å². The zero-order chi connectivity index (χ0) is 13.4. The largest absolute Gasteiger partial charge is 0.396 e. The van der Waals surface area contributed by atoms with Crippen LogP contribution >= 0.6 is 11.8 Å². The highest BCUT2D eigenvalue weighted by atomic mass is 32.2.